The van der Waals surface area contributed by atoms with E-state index in [0.717, 1.165) is 5.56 Å². The molecule has 8 heteroatoms. The van der Waals surface area contributed by atoms with Crippen LogP contribution in [0.15, 0.2) is 57.7 Å². The number of amides is 2. The molecule has 156 valence electrons. The quantitative estimate of drug-likeness (QED) is 0.538. The van der Waals surface area contributed by atoms with Crippen molar-refractivity contribution in [2.75, 3.05) is 7.11 Å². The van der Waals surface area contributed by atoms with Crippen LogP contribution in [-0.4, -0.2) is 36.2 Å². The van der Waals surface area contributed by atoms with Crippen molar-refractivity contribution in [1.82, 2.24) is 5.32 Å². The van der Waals surface area contributed by atoms with E-state index in [-0.39, 0.29) is 28.8 Å². The van der Waals surface area contributed by atoms with E-state index in [4.69, 9.17) is 14.9 Å². The molecule has 1 heterocycles. The van der Waals surface area contributed by atoms with Gasteiger partial charge in [0.2, 0.25) is 5.91 Å². The number of nitrogens with two attached hydrogens (primary N) is 1. The topological polar surface area (TPSA) is 132 Å². The van der Waals surface area contributed by atoms with Crippen LogP contribution in [-0.2, 0) is 11.2 Å². The van der Waals surface area contributed by atoms with Gasteiger partial charge in [-0.2, -0.15) is 0 Å². The van der Waals surface area contributed by atoms with Crippen molar-refractivity contribution in [2.45, 2.75) is 25.5 Å². The van der Waals surface area contributed by atoms with Crippen molar-refractivity contribution >= 4 is 22.8 Å². The van der Waals surface area contributed by atoms with Gasteiger partial charge in [0.05, 0.1) is 18.5 Å². The van der Waals surface area contributed by atoms with Gasteiger partial charge in [-0.1, -0.05) is 30.3 Å². The lowest BCUT2D eigenvalue weighted by Gasteiger charge is -2.22. The van der Waals surface area contributed by atoms with Gasteiger partial charge in [-0.3, -0.25) is 14.4 Å². The molecule has 0 spiro atoms. The van der Waals surface area contributed by atoms with Crippen molar-refractivity contribution in [2.24, 2.45) is 5.73 Å². The maximum atomic E-state index is 12.9. The Morgan fingerprint density at radius 3 is 2.53 bits per heavy atom. The summed E-state index contributed by atoms with van der Waals surface area (Å²) >= 11 is 0. The molecule has 3 aromatic rings. The Bertz CT molecular complexity index is 1140. The number of carbonyl (C=O) groups is 2. The van der Waals surface area contributed by atoms with E-state index in [9.17, 15) is 19.5 Å². The molecule has 0 aliphatic rings. The summed E-state index contributed by atoms with van der Waals surface area (Å²) in [5, 5.41) is 13.1. The number of primary amides is 1. The van der Waals surface area contributed by atoms with Gasteiger partial charge in [0.15, 0.2) is 17.3 Å². The van der Waals surface area contributed by atoms with Crippen LogP contribution < -0.4 is 21.2 Å². The first-order valence-corrected chi connectivity index (χ1v) is 9.25. The summed E-state index contributed by atoms with van der Waals surface area (Å²) in [4.78, 5) is 37.1. The van der Waals surface area contributed by atoms with Crippen LogP contribution in [0.1, 0.15) is 21.7 Å². The first-order chi connectivity index (χ1) is 14.3. The Balaban J connectivity index is 1.96. The lowest BCUT2D eigenvalue weighted by atomic mass is 10.0. The predicted molar refractivity (Wildman–Crippen MR) is 110 cm³/mol. The van der Waals surface area contributed by atoms with Gasteiger partial charge in [-0.25, -0.2) is 0 Å². The minimum atomic E-state index is -1.62. The summed E-state index contributed by atoms with van der Waals surface area (Å²) in [5.74, 6) is -1.46. The molecule has 0 radical (unpaired) electrons. The third kappa shape index (κ3) is 4.33. The van der Waals surface area contributed by atoms with Crippen LogP contribution >= 0.6 is 0 Å². The average molecular weight is 410 g/mol. The predicted octanol–water partition coefficient (Wildman–Crippen LogP) is 1.30. The number of fused-ring (bicyclic) bond motifs is 1. The molecule has 1 unspecified atom stereocenters. The van der Waals surface area contributed by atoms with Crippen molar-refractivity contribution in [1.29, 1.82) is 0 Å². The average Bonchev–Trinajstić information content (AvgIpc) is 2.75. The van der Waals surface area contributed by atoms with Gasteiger partial charge in [-0.05, 0) is 31.0 Å². The number of methoxy groups -OCH3 is 1. The van der Waals surface area contributed by atoms with Crippen LogP contribution in [0.3, 0.4) is 0 Å². The summed E-state index contributed by atoms with van der Waals surface area (Å²) in [5.41, 5.74) is 5.95. The molecule has 0 saturated carbocycles. The number of hydrogen-bond acceptors (Lipinski definition) is 6. The lowest BCUT2D eigenvalue weighted by molar-refractivity contribution is -0.127. The Morgan fingerprint density at radius 2 is 1.90 bits per heavy atom. The number of hydrogen-bond donors (Lipinski definition) is 3. The summed E-state index contributed by atoms with van der Waals surface area (Å²) in [6.45, 7) is 1.47. The Labute approximate surface area is 172 Å². The highest BCUT2D eigenvalue weighted by molar-refractivity contribution is 5.95. The molecular weight excluding hydrogens is 388 g/mol. The number of benzene rings is 2. The summed E-state index contributed by atoms with van der Waals surface area (Å²) in [6.07, 6.45) is -1.47. The number of ether oxygens (including phenoxy) is 1. The third-order valence-corrected chi connectivity index (χ3v) is 4.82. The van der Waals surface area contributed by atoms with Gasteiger partial charge in [0, 0.05) is 11.6 Å². The zero-order valence-electron chi connectivity index (χ0n) is 16.5. The van der Waals surface area contributed by atoms with E-state index >= 15 is 0 Å². The minimum Gasteiger partial charge on any atom is -0.497 e. The summed E-state index contributed by atoms with van der Waals surface area (Å²) < 4.78 is 10.8. The number of aliphatic hydroxyl groups excluding tert-OH is 1. The second kappa shape index (κ2) is 8.79. The van der Waals surface area contributed by atoms with Crippen molar-refractivity contribution in [3.8, 4) is 5.75 Å². The molecule has 2 amide bonds. The first kappa shape index (κ1) is 21.1. The molecule has 0 aliphatic heterocycles. The summed E-state index contributed by atoms with van der Waals surface area (Å²) in [6, 6.07) is 12.7. The van der Waals surface area contributed by atoms with Crippen LogP contribution in [0.4, 0.5) is 0 Å². The maximum absolute atomic E-state index is 12.9. The highest BCUT2D eigenvalue weighted by Crippen LogP contribution is 2.21. The SMILES string of the molecule is COc1ccc2c(=O)c(C)c(C(=O)N[C@@H](Cc3ccccc3)C(O)C(N)=O)oc2c1. The lowest BCUT2D eigenvalue weighted by Crippen LogP contribution is -2.50. The molecule has 0 bridgehead atoms. The standard InChI is InChI=1S/C22H22N2O6/c1-12-18(25)15-9-8-14(29-2)11-17(15)30-20(12)22(28)24-16(19(26)21(23)27)10-13-6-4-3-5-7-13/h3-9,11,16,19,26H,10H2,1-2H3,(H2,23,27)(H,24,28)/t16-,19?/m0/s1. The minimum absolute atomic E-state index is 0.109. The second-order valence-electron chi connectivity index (χ2n) is 6.86. The number of carbonyl (C=O) groups excluding carboxylic acids is 2. The Kier molecular flexibility index (Phi) is 6.17. The molecule has 0 saturated heterocycles. The van der Waals surface area contributed by atoms with Gasteiger partial charge in [-0.15, -0.1) is 0 Å². The van der Waals surface area contributed by atoms with E-state index < -0.39 is 24.0 Å². The van der Waals surface area contributed by atoms with Crippen LogP contribution in [0.5, 0.6) is 5.75 Å². The zero-order chi connectivity index (χ0) is 21.8. The molecule has 30 heavy (non-hydrogen) atoms. The van der Waals surface area contributed by atoms with E-state index in [2.05, 4.69) is 5.32 Å². The third-order valence-electron chi connectivity index (χ3n) is 4.82. The highest BCUT2D eigenvalue weighted by atomic mass is 16.5. The van der Waals surface area contributed by atoms with Crippen molar-refractivity contribution in [3.63, 3.8) is 0 Å². The van der Waals surface area contributed by atoms with Crippen LogP contribution in [0.2, 0.25) is 0 Å². The highest BCUT2D eigenvalue weighted by Gasteiger charge is 2.28. The van der Waals surface area contributed by atoms with Gasteiger partial charge in [0.25, 0.3) is 5.91 Å². The molecule has 8 nitrogen and oxygen atoms in total. The van der Waals surface area contributed by atoms with Gasteiger partial charge >= 0.3 is 0 Å². The monoisotopic (exact) mass is 410 g/mol. The van der Waals surface area contributed by atoms with Crippen LogP contribution in [0, 0.1) is 6.92 Å². The molecule has 0 aliphatic carbocycles. The Morgan fingerprint density at radius 1 is 1.20 bits per heavy atom. The molecule has 4 N–H and O–H groups in total. The normalized spacial score (nSPS) is 12.9. The van der Waals surface area contributed by atoms with E-state index in [1.54, 1.807) is 36.4 Å². The molecule has 2 atom stereocenters. The van der Waals surface area contributed by atoms with E-state index in [1.165, 1.54) is 20.1 Å². The number of aliphatic hydroxyl groups is 1. The fourth-order valence-corrected chi connectivity index (χ4v) is 3.15. The molecular formula is C22H22N2O6. The smallest absolute Gasteiger partial charge is 0.287 e. The number of nitrogens with one attached hydrogen (secondary N) is 1. The molecule has 1 aromatic heterocycles. The van der Waals surface area contributed by atoms with Crippen molar-refractivity contribution < 1.29 is 23.8 Å². The first-order valence-electron chi connectivity index (χ1n) is 9.25. The Hall–Kier alpha value is -3.65. The number of rotatable bonds is 7. The van der Waals surface area contributed by atoms with Crippen LogP contribution in [0.25, 0.3) is 11.0 Å². The molecule has 3 rings (SSSR count). The van der Waals surface area contributed by atoms with Gasteiger partial charge in [0.1, 0.15) is 11.3 Å². The fourth-order valence-electron chi connectivity index (χ4n) is 3.15. The fraction of sp³-hybridized carbons (Fsp3) is 0.227. The summed E-state index contributed by atoms with van der Waals surface area (Å²) in [7, 11) is 1.47. The maximum Gasteiger partial charge on any atom is 0.287 e. The zero-order valence-corrected chi connectivity index (χ0v) is 16.5. The largest absolute Gasteiger partial charge is 0.497 e. The van der Waals surface area contributed by atoms with Crippen molar-refractivity contribution in [3.05, 3.63) is 75.6 Å². The van der Waals surface area contributed by atoms with E-state index in [0.29, 0.717) is 11.1 Å². The molecule has 2 aromatic carbocycles. The molecule has 0 fully saturated rings. The van der Waals surface area contributed by atoms with Gasteiger partial charge < -0.3 is 25.3 Å². The second-order valence-corrected chi connectivity index (χ2v) is 6.86. The van der Waals surface area contributed by atoms with E-state index in [1.807, 2.05) is 6.07 Å².